The van der Waals surface area contributed by atoms with E-state index in [2.05, 4.69) is 19.4 Å². The fourth-order valence-corrected chi connectivity index (χ4v) is 3.75. The first-order valence-corrected chi connectivity index (χ1v) is 10.3. The van der Waals surface area contributed by atoms with Gasteiger partial charge in [0.1, 0.15) is 16.8 Å². The van der Waals surface area contributed by atoms with Gasteiger partial charge in [-0.05, 0) is 54.7 Å². The van der Waals surface area contributed by atoms with Crippen LogP contribution in [0, 0.1) is 0 Å². The van der Waals surface area contributed by atoms with Gasteiger partial charge in [0.05, 0.1) is 32.5 Å². The van der Waals surface area contributed by atoms with Crippen LogP contribution in [0.2, 0.25) is 15.1 Å². The Kier molecular flexibility index (Phi) is 5.71. The number of amides is 1. The van der Waals surface area contributed by atoms with Crippen molar-refractivity contribution >= 4 is 86.5 Å². The minimum absolute atomic E-state index is 0.0462. The highest BCUT2D eigenvalue weighted by atomic mass is 35.5. The number of nitrogens with zero attached hydrogens (tertiary/aromatic N) is 2. The molecule has 0 saturated carbocycles. The summed E-state index contributed by atoms with van der Waals surface area (Å²) in [5.74, 6) is 0.0253. The van der Waals surface area contributed by atoms with Crippen molar-refractivity contribution in [2.45, 2.75) is 0 Å². The summed E-state index contributed by atoms with van der Waals surface area (Å²) in [7, 11) is 0. The number of thiocarbonyl (C=S) groups is 1. The molecule has 0 aliphatic carbocycles. The lowest BCUT2D eigenvalue weighted by molar-refractivity contribution is 0.0951. The second-order valence-corrected chi connectivity index (χ2v) is 7.91. The van der Waals surface area contributed by atoms with Gasteiger partial charge in [0, 0.05) is 5.56 Å². The van der Waals surface area contributed by atoms with Crippen LogP contribution < -0.4 is 10.6 Å². The summed E-state index contributed by atoms with van der Waals surface area (Å²) in [5, 5.41) is 6.71. The van der Waals surface area contributed by atoms with Crippen molar-refractivity contribution in [1.29, 1.82) is 0 Å². The van der Waals surface area contributed by atoms with Crippen molar-refractivity contribution in [2.24, 2.45) is 0 Å². The number of carbonyl (C=O) groups excluding carboxylic acids is 1. The number of halogens is 3. The largest absolute Gasteiger partial charge is 0.451 e. The molecule has 2 heterocycles. The molecule has 2 N–H and O–H groups in total. The topological polar surface area (TPSA) is 80.0 Å². The van der Waals surface area contributed by atoms with E-state index >= 15 is 0 Å². The minimum Gasteiger partial charge on any atom is -0.451 e. The Labute approximate surface area is 189 Å². The number of nitrogens with one attached hydrogen (secondary N) is 2. The monoisotopic (exact) mass is 482 g/mol. The van der Waals surface area contributed by atoms with E-state index in [0.29, 0.717) is 43.1 Å². The van der Waals surface area contributed by atoms with Crippen molar-refractivity contribution in [3.8, 4) is 11.3 Å². The molecular formula is C18H9Cl3N4O2S2. The molecule has 0 aliphatic heterocycles. The number of anilines is 1. The summed E-state index contributed by atoms with van der Waals surface area (Å²) in [6, 6.07) is 11.7. The SMILES string of the molecule is O=C(NC(=S)Nc1c(Cl)ccc2nsnc12)c1ccc(-c2ccc(Cl)c(Cl)c2)o1. The lowest BCUT2D eigenvalue weighted by Gasteiger charge is -2.10. The van der Waals surface area contributed by atoms with Crippen LogP contribution in [-0.4, -0.2) is 19.8 Å². The molecule has 2 aromatic carbocycles. The number of hydrogen-bond donors (Lipinski definition) is 2. The van der Waals surface area contributed by atoms with Crippen LogP contribution in [0.25, 0.3) is 22.4 Å². The summed E-state index contributed by atoms with van der Waals surface area (Å²) < 4.78 is 14.0. The Morgan fingerprint density at radius 1 is 1.00 bits per heavy atom. The van der Waals surface area contributed by atoms with Gasteiger partial charge in [-0.3, -0.25) is 10.1 Å². The molecule has 0 bridgehead atoms. The summed E-state index contributed by atoms with van der Waals surface area (Å²) in [6.07, 6.45) is 0. The third kappa shape index (κ3) is 4.22. The Bertz CT molecular complexity index is 1260. The van der Waals surface area contributed by atoms with E-state index in [0.717, 1.165) is 11.7 Å². The van der Waals surface area contributed by atoms with Gasteiger partial charge in [-0.1, -0.05) is 34.8 Å². The molecule has 0 aliphatic rings. The van der Waals surface area contributed by atoms with Crippen molar-refractivity contribution < 1.29 is 9.21 Å². The molecule has 0 spiro atoms. The van der Waals surface area contributed by atoms with E-state index in [-0.39, 0.29) is 10.9 Å². The molecule has 0 atom stereocenters. The van der Waals surface area contributed by atoms with Crippen LogP contribution >= 0.6 is 58.7 Å². The average Bonchev–Trinajstić information content (AvgIpc) is 3.36. The third-order valence-electron chi connectivity index (χ3n) is 3.88. The molecule has 146 valence electrons. The van der Waals surface area contributed by atoms with Crippen LogP contribution in [0.15, 0.2) is 46.9 Å². The van der Waals surface area contributed by atoms with Gasteiger partial charge >= 0.3 is 0 Å². The normalized spacial score (nSPS) is 10.9. The number of furan rings is 1. The highest BCUT2D eigenvalue weighted by Crippen LogP contribution is 2.31. The summed E-state index contributed by atoms with van der Waals surface area (Å²) in [4.78, 5) is 12.5. The predicted molar refractivity (Wildman–Crippen MR) is 120 cm³/mol. The fourth-order valence-electron chi connectivity index (χ4n) is 2.52. The first kappa shape index (κ1) is 20.1. The average molecular weight is 484 g/mol. The van der Waals surface area contributed by atoms with E-state index in [9.17, 15) is 4.79 Å². The lowest BCUT2D eigenvalue weighted by atomic mass is 10.2. The van der Waals surface area contributed by atoms with Crippen LogP contribution in [0.3, 0.4) is 0 Å². The van der Waals surface area contributed by atoms with E-state index in [1.54, 1.807) is 36.4 Å². The Hall–Kier alpha value is -2.23. The minimum atomic E-state index is -0.520. The van der Waals surface area contributed by atoms with Gasteiger partial charge in [-0.15, -0.1) is 0 Å². The zero-order valence-corrected chi connectivity index (χ0v) is 18.1. The van der Waals surface area contributed by atoms with Gasteiger partial charge in [-0.25, -0.2) is 0 Å². The van der Waals surface area contributed by atoms with Crippen LogP contribution in [0.4, 0.5) is 5.69 Å². The third-order valence-corrected chi connectivity index (χ3v) is 5.68. The first-order valence-electron chi connectivity index (χ1n) is 8.01. The Morgan fingerprint density at radius 2 is 1.79 bits per heavy atom. The molecule has 4 aromatic rings. The molecule has 1 amide bonds. The summed E-state index contributed by atoms with van der Waals surface area (Å²) >= 11 is 24.4. The molecule has 0 fully saturated rings. The lowest BCUT2D eigenvalue weighted by Crippen LogP contribution is -2.34. The number of aromatic nitrogens is 2. The predicted octanol–water partition coefficient (Wildman–Crippen LogP) is 6.04. The standard InChI is InChI=1S/C18H9Cl3N4O2S2/c19-9-2-1-8(7-11(9)21)13-5-6-14(27-13)17(26)23-18(28)22-15-10(20)3-4-12-16(15)25-29-24-12/h1-7H,(H2,22,23,26,28). The quantitative estimate of drug-likeness (QED) is 0.346. The van der Waals surface area contributed by atoms with Crippen molar-refractivity contribution in [3.63, 3.8) is 0 Å². The summed E-state index contributed by atoms with van der Waals surface area (Å²) in [5.41, 5.74) is 2.40. The van der Waals surface area contributed by atoms with E-state index in [1.807, 2.05) is 0 Å². The van der Waals surface area contributed by atoms with E-state index < -0.39 is 5.91 Å². The van der Waals surface area contributed by atoms with Gasteiger partial charge in [0.15, 0.2) is 10.9 Å². The molecule has 2 aromatic heterocycles. The Morgan fingerprint density at radius 3 is 2.59 bits per heavy atom. The molecule has 0 radical (unpaired) electrons. The molecule has 6 nitrogen and oxygen atoms in total. The number of rotatable bonds is 3. The summed E-state index contributed by atoms with van der Waals surface area (Å²) in [6.45, 7) is 0. The number of benzene rings is 2. The van der Waals surface area contributed by atoms with Crippen molar-refractivity contribution in [2.75, 3.05) is 5.32 Å². The van der Waals surface area contributed by atoms with Gasteiger partial charge in [0.2, 0.25) is 0 Å². The zero-order valence-electron chi connectivity index (χ0n) is 14.2. The van der Waals surface area contributed by atoms with E-state index in [1.165, 1.54) is 6.07 Å². The van der Waals surface area contributed by atoms with E-state index in [4.69, 9.17) is 51.4 Å². The van der Waals surface area contributed by atoms with Crippen LogP contribution in [0.5, 0.6) is 0 Å². The number of carbonyl (C=O) groups is 1. The van der Waals surface area contributed by atoms with Crippen molar-refractivity contribution in [1.82, 2.24) is 14.1 Å². The molecule has 29 heavy (non-hydrogen) atoms. The maximum absolute atomic E-state index is 12.5. The first-order chi connectivity index (χ1) is 13.9. The molecule has 0 unspecified atom stereocenters. The van der Waals surface area contributed by atoms with Crippen molar-refractivity contribution in [3.05, 3.63) is 63.3 Å². The second kappa shape index (κ2) is 8.25. The number of fused-ring (bicyclic) bond motifs is 1. The second-order valence-electron chi connectivity index (χ2n) is 5.76. The number of hydrogen-bond acceptors (Lipinski definition) is 6. The highest BCUT2D eigenvalue weighted by Gasteiger charge is 2.16. The van der Waals surface area contributed by atoms with Gasteiger partial charge < -0.3 is 9.73 Å². The molecular weight excluding hydrogens is 475 g/mol. The zero-order chi connectivity index (χ0) is 20.5. The fraction of sp³-hybridized carbons (Fsp3) is 0. The Balaban J connectivity index is 1.49. The van der Waals surface area contributed by atoms with Crippen LogP contribution in [-0.2, 0) is 0 Å². The maximum Gasteiger partial charge on any atom is 0.293 e. The maximum atomic E-state index is 12.5. The molecule has 0 saturated heterocycles. The molecule has 11 heteroatoms. The highest BCUT2D eigenvalue weighted by molar-refractivity contribution is 7.80. The molecule has 4 rings (SSSR count). The van der Waals surface area contributed by atoms with Gasteiger partial charge in [-0.2, -0.15) is 8.75 Å². The smallest absolute Gasteiger partial charge is 0.293 e. The van der Waals surface area contributed by atoms with Gasteiger partial charge in [0.25, 0.3) is 5.91 Å². The van der Waals surface area contributed by atoms with Crippen LogP contribution in [0.1, 0.15) is 10.6 Å².